The first-order chi connectivity index (χ1) is 8.13. The fourth-order valence-electron chi connectivity index (χ4n) is 1.79. The molecule has 0 saturated carbocycles. The molecular weight excluding hydrogens is 222 g/mol. The molecule has 1 aromatic carbocycles. The lowest BCUT2D eigenvalue weighted by molar-refractivity contribution is -0.0229. The molecule has 0 atom stereocenters. The molecule has 2 rings (SSSR count). The van der Waals surface area contributed by atoms with Crippen molar-refractivity contribution in [1.29, 1.82) is 0 Å². The molecule has 0 aliphatic carbocycles. The van der Waals surface area contributed by atoms with Crippen molar-refractivity contribution < 1.29 is 8.78 Å². The Morgan fingerprint density at radius 1 is 1.24 bits per heavy atom. The van der Waals surface area contributed by atoms with E-state index in [1.165, 1.54) is 16.7 Å². The summed E-state index contributed by atoms with van der Waals surface area (Å²) in [5.74, 6) is -2.19. The van der Waals surface area contributed by atoms with E-state index in [0.717, 1.165) is 0 Å². The van der Waals surface area contributed by atoms with E-state index < -0.39 is 5.92 Å². The molecule has 0 spiro atoms. The summed E-state index contributed by atoms with van der Waals surface area (Å²) < 4.78 is 29.5. The van der Waals surface area contributed by atoms with Crippen LogP contribution in [0.3, 0.4) is 0 Å². The van der Waals surface area contributed by atoms with Crippen LogP contribution in [-0.4, -0.2) is 9.55 Å². The number of halogens is 2. The highest BCUT2D eigenvalue weighted by atomic mass is 19.3. The van der Waals surface area contributed by atoms with E-state index in [-0.39, 0.29) is 12.1 Å². The molecule has 17 heavy (non-hydrogen) atoms. The lowest BCUT2D eigenvalue weighted by Crippen LogP contribution is -2.22. The van der Waals surface area contributed by atoms with Gasteiger partial charge in [-0.25, -0.2) is 4.98 Å². The number of rotatable bonds is 4. The fraction of sp³-hybridized carbons (Fsp3) is 0.308. The van der Waals surface area contributed by atoms with Gasteiger partial charge in [-0.1, -0.05) is 37.3 Å². The summed E-state index contributed by atoms with van der Waals surface area (Å²) in [4.78, 5) is 4.04. The molecule has 0 fully saturated rings. The van der Waals surface area contributed by atoms with Gasteiger partial charge < -0.3 is 4.57 Å². The van der Waals surface area contributed by atoms with Gasteiger partial charge in [0.1, 0.15) is 5.82 Å². The third-order valence-corrected chi connectivity index (χ3v) is 2.68. The minimum absolute atomic E-state index is 0.0377. The van der Waals surface area contributed by atoms with Gasteiger partial charge in [-0.15, -0.1) is 0 Å². The maximum atomic E-state index is 14.0. The number of hydrogen-bond donors (Lipinski definition) is 0. The van der Waals surface area contributed by atoms with E-state index in [2.05, 4.69) is 4.98 Å². The second kappa shape index (κ2) is 4.65. The van der Waals surface area contributed by atoms with Crippen molar-refractivity contribution in [3.05, 3.63) is 54.1 Å². The van der Waals surface area contributed by atoms with Crippen LogP contribution in [0.4, 0.5) is 8.78 Å². The summed E-state index contributed by atoms with van der Waals surface area (Å²) in [5, 5.41) is 0. The zero-order valence-corrected chi connectivity index (χ0v) is 9.61. The number of alkyl halides is 2. The maximum Gasteiger partial charge on any atom is 0.290 e. The van der Waals surface area contributed by atoms with Crippen molar-refractivity contribution in [2.75, 3.05) is 0 Å². The Morgan fingerprint density at radius 2 is 1.94 bits per heavy atom. The zero-order chi connectivity index (χ0) is 12.3. The topological polar surface area (TPSA) is 17.8 Å². The molecule has 1 heterocycles. The molecule has 2 nitrogen and oxygen atoms in total. The van der Waals surface area contributed by atoms with Gasteiger partial charge in [0.25, 0.3) is 5.92 Å². The molecule has 0 saturated heterocycles. The van der Waals surface area contributed by atoms with Crippen molar-refractivity contribution in [3.63, 3.8) is 0 Å². The predicted octanol–water partition coefficient (Wildman–Crippen LogP) is 3.24. The van der Waals surface area contributed by atoms with Crippen LogP contribution in [0.5, 0.6) is 0 Å². The molecule has 0 amide bonds. The smallest absolute Gasteiger partial charge is 0.290 e. The van der Waals surface area contributed by atoms with Crippen LogP contribution < -0.4 is 0 Å². The molecule has 4 heteroatoms. The molecule has 0 bridgehead atoms. The Hall–Kier alpha value is -1.71. The van der Waals surface area contributed by atoms with Gasteiger partial charge in [0, 0.05) is 24.4 Å². The first-order valence-electron chi connectivity index (χ1n) is 5.57. The van der Waals surface area contributed by atoms with Crippen LogP contribution in [0.15, 0.2) is 42.7 Å². The first kappa shape index (κ1) is 11.8. The summed E-state index contributed by atoms with van der Waals surface area (Å²) >= 11 is 0. The van der Waals surface area contributed by atoms with Gasteiger partial charge in [-0.05, 0) is 0 Å². The van der Waals surface area contributed by atoms with Crippen molar-refractivity contribution in [2.24, 2.45) is 0 Å². The van der Waals surface area contributed by atoms with Gasteiger partial charge in [0.2, 0.25) is 0 Å². The van der Waals surface area contributed by atoms with E-state index in [9.17, 15) is 8.78 Å². The first-order valence-corrected chi connectivity index (χ1v) is 5.57. The average molecular weight is 236 g/mol. The number of benzene rings is 1. The Bertz CT molecular complexity index is 477. The fourth-order valence-corrected chi connectivity index (χ4v) is 1.79. The van der Waals surface area contributed by atoms with E-state index in [4.69, 9.17) is 0 Å². The van der Waals surface area contributed by atoms with E-state index in [0.29, 0.717) is 12.2 Å². The molecule has 90 valence electrons. The minimum atomic E-state index is -2.87. The number of nitrogens with zero attached hydrogens (tertiary/aromatic N) is 2. The van der Waals surface area contributed by atoms with Crippen LogP contribution in [-0.2, 0) is 18.9 Å². The molecule has 1 aromatic heterocycles. The average Bonchev–Trinajstić information content (AvgIpc) is 2.77. The van der Waals surface area contributed by atoms with E-state index in [1.54, 1.807) is 30.6 Å². The van der Waals surface area contributed by atoms with Gasteiger partial charge in [0.15, 0.2) is 0 Å². The van der Waals surface area contributed by atoms with Crippen LogP contribution in [0.25, 0.3) is 0 Å². The highest BCUT2D eigenvalue weighted by Gasteiger charge is 2.32. The van der Waals surface area contributed by atoms with Crippen LogP contribution in [0, 0.1) is 0 Å². The summed E-state index contributed by atoms with van der Waals surface area (Å²) in [6.07, 6.45) is 3.80. The second-order valence-corrected chi connectivity index (χ2v) is 3.90. The molecule has 0 radical (unpaired) electrons. The summed E-state index contributed by atoms with van der Waals surface area (Å²) in [6, 6.07) is 7.87. The minimum Gasteiger partial charge on any atom is -0.329 e. The highest BCUT2D eigenvalue weighted by Crippen LogP contribution is 2.29. The Labute approximate surface area is 98.9 Å². The lowest BCUT2D eigenvalue weighted by Gasteiger charge is -2.18. The molecule has 0 unspecified atom stereocenters. The van der Waals surface area contributed by atoms with Crippen molar-refractivity contribution in [1.82, 2.24) is 9.55 Å². The Kier molecular flexibility index (Phi) is 3.22. The molecule has 0 aliphatic rings. The highest BCUT2D eigenvalue weighted by molar-refractivity contribution is 5.20. The van der Waals surface area contributed by atoms with Gasteiger partial charge in [-0.3, -0.25) is 0 Å². The quantitative estimate of drug-likeness (QED) is 0.796. The third-order valence-electron chi connectivity index (χ3n) is 2.68. The molecule has 0 N–H and O–H groups in total. The molecule has 2 aromatic rings. The SMILES string of the molecule is CCc1nccn1CC(F)(F)c1ccccc1. The van der Waals surface area contributed by atoms with E-state index >= 15 is 0 Å². The zero-order valence-electron chi connectivity index (χ0n) is 9.61. The number of hydrogen-bond acceptors (Lipinski definition) is 1. The largest absolute Gasteiger partial charge is 0.329 e. The van der Waals surface area contributed by atoms with Crippen LogP contribution in [0.2, 0.25) is 0 Å². The summed E-state index contributed by atoms with van der Waals surface area (Å²) in [6.45, 7) is 1.54. The lowest BCUT2D eigenvalue weighted by atomic mass is 10.1. The normalized spacial score (nSPS) is 11.7. The second-order valence-electron chi connectivity index (χ2n) is 3.90. The van der Waals surface area contributed by atoms with Crippen molar-refractivity contribution >= 4 is 0 Å². The molecular formula is C13H14F2N2. The van der Waals surface area contributed by atoms with E-state index in [1.807, 2.05) is 6.92 Å². The van der Waals surface area contributed by atoms with Gasteiger partial charge >= 0.3 is 0 Å². The maximum absolute atomic E-state index is 14.0. The van der Waals surface area contributed by atoms with Crippen molar-refractivity contribution in [2.45, 2.75) is 25.8 Å². The number of aryl methyl sites for hydroxylation is 1. The summed E-state index contributed by atoms with van der Waals surface area (Å²) in [5.41, 5.74) is 0.0377. The predicted molar refractivity (Wildman–Crippen MR) is 61.9 cm³/mol. The Balaban J connectivity index is 2.23. The summed E-state index contributed by atoms with van der Waals surface area (Å²) in [7, 11) is 0. The Morgan fingerprint density at radius 3 is 2.59 bits per heavy atom. The van der Waals surface area contributed by atoms with Crippen molar-refractivity contribution in [3.8, 4) is 0 Å². The van der Waals surface area contributed by atoms with Gasteiger partial charge in [0.05, 0.1) is 6.54 Å². The van der Waals surface area contributed by atoms with Crippen LogP contribution >= 0.6 is 0 Å². The van der Waals surface area contributed by atoms with Gasteiger partial charge in [-0.2, -0.15) is 8.78 Å². The van der Waals surface area contributed by atoms with Crippen LogP contribution in [0.1, 0.15) is 18.3 Å². The number of aromatic nitrogens is 2. The third kappa shape index (κ3) is 2.52. The molecule has 0 aliphatic heterocycles. The monoisotopic (exact) mass is 236 g/mol. The number of imidazole rings is 1. The standard InChI is InChI=1S/C13H14F2N2/c1-2-12-16-8-9-17(12)10-13(14,15)11-6-4-3-5-7-11/h3-9H,2,10H2,1H3.